The molecule has 4 atom stereocenters. The van der Waals surface area contributed by atoms with Gasteiger partial charge in [-0.1, -0.05) is 81.0 Å². The van der Waals surface area contributed by atoms with Crippen LogP contribution in [0.4, 0.5) is 8.78 Å². The summed E-state index contributed by atoms with van der Waals surface area (Å²) in [5.41, 5.74) is 1.57. The highest BCUT2D eigenvalue weighted by atomic mass is 19.3. The molecule has 10 heteroatoms. The average molecular weight is 626 g/mol. The fourth-order valence-electron chi connectivity index (χ4n) is 6.20. The molecule has 3 unspecified atom stereocenters. The molecule has 3 aliphatic rings. The number of aliphatic hydroxyl groups is 1. The number of hydrogen-bond donors (Lipinski definition) is 3. The SMILES string of the molecule is CC1=CCCC=C1CNC(=O)[C@H]1N(C(=O)C(=O)C(Cc2ccccc2)NC(O)COC2=C(C)C=CCC2C)CC(F)(F)C1(C)C. The lowest BCUT2D eigenvalue weighted by atomic mass is 9.81. The Morgan fingerprint density at radius 3 is 2.47 bits per heavy atom. The number of aliphatic hydroxyl groups excluding tert-OH is 1. The van der Waals surface area contributed by atoms with E-state index in [2.05, 4.69) is 10.6 Å². The van der Waals surface area contributed by atoms with E-state index in [9.17, 15) is 19.5 Å². The number of amides is 2. The smallest absolute Gasteiger partial charge is 0.292 e. The number of likely N-dealkylation sites (tertiary alicyclic amines) is 1. The van der Waals surface area contributed by atoms with Crippen LogP contribution in [0.25, 0.3) is 0 Å². The van der Waals surface area contributed by atoms with Gasteiger partial charge in [-0.15, -0.1) is 0 Å². The third-order valence-electron chi connectivity index (χ3n) is 9.08. The number of halogens is 2. The molecule has 1 aromatic rings. The molecule has 0 bridgehead atoms. The monoisotopic (exact) mass is 625 g/mol. The maximum atomic E-state index is 15.4. The molecule has 45 heavy (non-hydrogen) atoms. The van der Waals surface area contributed by atoms with Crippen LogP contribution in [0.1, 0.15) is 59.4 Å². The number of alkyl halides is 2. The summed E-state index contributed by atoms with van der Waals surface area (Å²) in [6.07, 6.45) is 9.19. The number of hydrogen-bond acceptors (Lipinski definition) is 6. The van der Waals surface area contributed by atoms with Crippen LogP contribution in [0.3, 0.4) is 0 Å². The molecule has 3 N–H and O–H groups in total. The van der Waals surface area contributed by atoms with Crippen molar-refractivity contribution in [3.05, 3.63) is 82.7 Å². The van der Waals surface area contributed by atoms with E-state index in [1.807, 2.05) is 45.1 Å². The second-order valence-corrected chi connectivity index (χ2v) is 12.9. The quantitative estimate of drug-likeness (QED) is 0.231. The zero-order chi connectivity index (χ0) is 32.9. The molecule has 0 radical (unpaired) electrons. The van der Waals surface area contributed by atoms with Crippen molar-refractivity contribution in [2.45, 2.75) is 84.5 Å². The summed E-state index contributed by atoms with van der Waals surface area (Å²) in [6, 6.07) is 6.02. The van der Waals surface area contributed by atoms with Gasteiger partial charge >= 0.3 is 0 Å². The highest BCUT2D eigenvalue weighted by Gasteiger charge is 2.64. The lowest BCUT2D eigenvalue weighted by Gasteiger charge is -2.33. The van der Waals surface area contributed by atoms with Crippen molar-refractivity contribution in [3.63, 3.8) is 0 Å². The Labute approximate surface area is 264 Å². The van der Waals surface area contributed by atoms with Crippen LogP contribution in [0, 0.1) is 11.3 Å². The Kier molecular flexibility index (Phi) is 10.8. The number of nitrogens with zero attached hydrogens (tertiary/aromatic N) is 1. The predicted molar refractivity (Wildman–Crippen MR) is 168 cm³/mol. The average Bonchev–Trinajstić information content (AvgIpc) is 3.19. The largest absolute Gasteiger partial charge is 0.493 e. The first kappa shape index (κ1) is 34.2. The summed E-state index contributed by atoms with van der Waals surface area (Å²) < 4.78 is 36.6. The zero-order valence-electron chi connectivity index (χ0n) is 26.7. The maximum Gasteiger partial charge on any atom is 0.292 e. The maximum absolute atomic E-state index is 15.4. The predicted octanol–water partition coefficient (Wildman–Crippen LogP) is 4.62. The molecule has 1 aromatic carbocycles. The standard InChI is InChI=1S/C35H45F2N3O5/c1-22-12-9-10-17-26(22)19-38-32(43)31-34(4,5)35(36,37)21-40(31)33(44)29(42)27(18-25-15-7-6-8-16-25)39-28(41)20-45-30-23(2)13-11-14-24(30)3/h6-8,11-13,15-17,24,27-28,31,39,41H,9-10,14,18-21H2,1-5H3,(H,38,43)/t24?,27?,28?,31-/m1/s1. The lowest BCUT2D eigenvalue weighted by Crippen LogP contribution is -2.57. The van der Waals surface area contributed by atoms with Crippen LogP contribution in [0.5, 0.6) is 0 Å². The van der Waals surface area contributed by atoms with E-state index in [1.54, 1.807) is 30.3 Å². The normalized spacial score (nSPS) is 23.6. The molecule has 1 heterocycles. The minimum Gasteiger partial charge on any atom is -0.493 e. The zero-order valence-corrected chi connectivity index (χ0v) is 26.7. The van der Waals surface area contributed by atoms with Gasteiger partial charge in [0.05, 0.1) is 18.0 Å². The Morgan fingerprint density at radius 2 is 1.80 bits per heavy atom. The van der Waals surface area contributed by atoms with Crippen LogP contribution in [-0.2, 0) is 25.5 Å². The van der Waals surface area contributed by atoms with Crippen LogP contribution < -0.4 is 10.6 Å². The van der Waals surface area contributed by atoms with Crippen LogP contribution in [0.15, 0.2) is 77.1 Å². The van der Waals surface area contributed by atoms with Crippen molar-refractivity contribution < 1.29 is 33.0 Å². The number of rotatable bonds is 12. The summed E-state index contributed by atoms with van der Waals surface area (Å²) in [5, 5.41) is 16.4. The topological polar surface area (TPSA) is 108 Å². The van der Waals surface area contributed by atoms with Gasteiger partial charge < -0.3 is 20.1 Å². The molecule has 0 aromatic heterocycles. The first-order valence-electron chi connectivity index (χ1n) is 15.6. The number of nitrogens with one attached hydrogen (secondary N) is 2. The molecule has 1 aliphatic heterocycles. The van der Waals surface area contributed by atoms with Crippen molar-refractivity contribution in [2.24, 2.45) is 11.3 Å². The molecule has 2 amide bonds. The van der Waals surface area contributed by atoms with Crippen molar-refractivity contribution in [3.8, 4) is 0 Å². The van der Waals surface area contributed by atoms with Gasteiger partial charge in [0.1, 0.15) is 24.6 Å². The summed E-state index contributed by atoms with van der Waals surface area (Å²) in [7, 11) is 0. The molecular weight excluding hydrogens is 580 g/mol. The summed E-state index contributed by atoms with van der Waals surface area (Å²) in [6.45, 7) is 7.16. The third-order valence-corrected chi connectivity index (χ3v) is 9.08. The van der Waals surface area contributed by atoms with Gasteiger partial charge in [0, 0.05) is 12.5 Å². The number of allylic oxidation sites excluding steroid dienone is 6. The minimum atomic E-state index is -3.43. The van der Waals surface area contributed by atoms with Gasteiger partial charge in [-0.3, -0.25) is 19.7 Å². The minimum absolute atomic E-state index is 0.00753. The molecule has 1 saturated heterocycles. The number of ether oxygens (including phenoxy) is 1. The van der Waals surface area contributed by atoms with Crippen molar-refractivity contribution in [1.29, 1.82) is 0 Å². The van der Waals surface area contributed by atoms with Crippen molar-refractivity contribution >= 4 is 17.6 Å². The molecule has 0 saturated carbocycles. The van der Waals surface area contributed by atoms with Crippen molar-refractivity contribution in [1.82, 2.24) is 15.5 Å². The molecule has 8 nitrogen and oxygen atoms in total. The highest BCUT2D eigenvalue weighted by Crippen LogP contribution is 2.48. The summed E-state index contributed by atoms with van der Waals surface area (Å²) in [4.78, 5) is 41.8. The van der Waals surface area contributed by atoms with E-state index in [1.165, 1.54) is 13.8 Å². The van der Waals surface area contributed by atoms with E-state index in [0.717, 1.165) is 41.7 Å². The fraction of sp³-hybridized carbons (Fsp3) is 0.514. The Bertz CT molecular complexity index is 1400. The van der Waals surface area contributed by atoms with Crippen LogP contribution in [0.2, 0.25) is 0 Å². The van der Waals surface area contributed by atoms with Gasteiger partial charge in [-0.2, -0.15) is 0 Å². The molecule has 0 spiro atoms. The van der Waals surface area contributed by atoms with Gasteiger partial charge in [0.25, 0.3) is 11.8 Å². The third kappa shape index (κ3) is 7.79. The fourth-order valence-corrected chi connectivity index (χ4v) is 6.20. The number of carbonyl (C=O) groups excluding carboxylic acids is 3. The second kappa shape index (κ2) is 14.2. The van der Waals surface area contributed by atoms with E-state index in [-0.39, 0.29) is 25.5 Å². The van der Waals surface area contributed by atoms with Gasteiger partial charge in [0.2, 0.25) is 11.7 Å². The Balaban J connectivity index is 1.53. The van der Waals surface area contributed by atoms with Gasteiger partial charge in [-0.25, -0.2) is 8.78 Å². The lowest BCUT2D eigenvalue weighted by molar-refractivity contribution is -0.149. The number of carbonyl (C=O) groups is 3. The highest BCUT2D eigenvalue weighted by molar-refractivity contribution is 6.38. The second-order valence-electron chi connectivity index (χ2n) is 12.9. The van der Waals surface area contributed by atoms with E-state index in [0.29, 0.717) is 10.5 Å². The van der Waals surface area contributed by atoms with E-state index < -0.39 is 53.8 Å². The summed E-state index contributed by atoms with van der Waals surface area (Å²) >= 11 is 0. The first-order valence-corrected chi connectivity index (χ1v) is 15.6. The molecule has 4 rings (SSSR count). The van der Waals surface area contributed by atoms with Gasteiger partial charge in [0.15, 0.2) is 0 Å². The molecule has 1 fully saturated rings. The molecular formula is C35H45F2N3O5. The first-order chi connectivity index (χ1) is 21.2. The van der Waals surface area contributed by atoms with E-state index in [4.69, 9.17) is 4.74 Å². The van der Waals surface area contributed by atoms with Gasteiger partial charge in [-0.05, 0) is 56.2 Å². The van der Waals surface area contributed by atoms with Crippen LogP contribution >= 0.6 is 0 Å². The summed E-state index contributed by atoms with van der Waals surface area (Å²) in [5.74, 6) is -5.58. The number of Topliss-reactive ketones (excluding diaryl/α,β-unsaturated/α-hetero) is 1. The number of ketones is 1. The molecule has 2 aliphatic carbocycles. The van der Waals surface area contributed by atoms with E-state index >= 15 is 8.78 Å². The van der Waals surface area contributed by atoms with Crippen LogP contribution in [-0.4, -0.2) is 71.5 Å². The Morgan fingerprint density at radius 1 is 1.11 bits per heavy atom. The molecule has 244 valence electrons. The number of benzene rings is 1. The van der Waals surface area contributed by atoms with Crippen molar-refractivity contribution in [2.75, 3.05) is 19.7 Å². The Hall–Kier alpha value is -3.63.